The van der Waals surface area contributed by atoms with E-state index in [1.165, 1.54) is 6.42 Å². The van der Waals surface area contributed by atoms with E-state index in [9.17, 15) is 5.11 Å². The lowest BCUT2D eigenvalue weighted by Crippen LogP contribution is -2.40. The Labute approximate surface area is 116 Å². The molecule has 1 fully saturated rings. The third-order valence-corrected chi connectivity index (χ3v) is 4.45. The van der Waals surface area contributed by atoms with E-state index in [0.717, 1.165) is 42.6 Å². The van der Waals surface area contributed by atoms with Crippen molar-refractivity contribution in [3.63, 3.8) is 0 Å². The number of β-amino-alcohol motifs (C(OH)–C–C–N with tert-alkyl or cyclic N) is 1. The SMILES string of the molecule is CC1CCN(CC(O)c2ccc(CN)cc2)CC1C. The molecular weight excluding hydrogens is 236 g/mol. The number of benzene rings is 1. The molecule has 0 spiro atoms. The average molecular weight is 262 g/mol. The molecule has 3 N–H and O–H groups in total. The van der Waals surface area contributed by atoms with E-state index in [1.54, 1.807) is 0 Å². The largest absolute Gasteiger partial charge is 0.387 e. The van der Waals surface area contributed by atoms with Crippen molar-refractivity contribution < 1.29 is 5.11 Å². The lowest BCUT2D eigenvalue weighted by molar-refractivity contribution is 0.0705. The molecular formula is C16H26N2O. The van der Waals surface area contributed by atoms with Crippen LogP contribution >= 0.6 is 0 Å². The van der Waals surface area contributed by atoms with Crippen LogP contribution < -0.4 is 5.73 Å². The first-order chi connectivity index (χ1) is 9.10. The van der Waals surface area contributed by atoms with Gasteiger partial charge in [0, 0.05) is 19.6 Å². The lowest BCUT2D eigenvalue weighted by atomic mass is 9.88. The maximum atomic E-state index is 10.3. The zero-order valence-electron chi connectivity index (χ0n) is 12.0. The minimum absolute atomic E-state index is 0.396. The maximum Gasteiger partial charge on any atom is 0.0916 e. The van der Waals surface area contributed by atoms with E-state index >= 15 is 0 Å². The van der Waals surface area contributed by atoms with Crippen LogP contribution in [0.2, 0.25) is 0 Å². The second-order valence-corrected chi connectivity index (χ2v) is 5.96. The zero-order valence-corrected chi connectivity index (χ0v) is 12.0. The number of piperidine rings is 1. The molecule has 3 nitrogen and oxygen atoms in total. The van der Waals surface area contributed by atoms with Crippen LogP contribution in [0.1, 0.15) is 37.5 Å². The standard InChI is InChI=1S/C16H26N2O/c1-12-7-8-18(10-13(12)2)11-16(19)15-5-3-14(9-17)4-6-15/h3-6,12-13,16,19H,7-11,17H2,1-2H3. The molecule has 0 bridgehead atoms. The van der Waals surface area contributed by atoms with Crippen molar-refractivity contribution in [2.45, 2.75) is 32.9 Å². The van der Waals surface area contributed by atoms with E-state index in [4.69, 9.17) is 5.73 Å². The smallest absolute Gasteiger partial charge is 0.0916 e. The number of hydrogen-bond donors (Lipinski definition) is 2. The highest BCUT2D eigenvalue weighted by atomic mass is 16.3. The minimum atomic E-state index is -0.396. The number of hydrogen-bond acceptors (Lipinski definition) is 3. The van der Waals surface area contributed by atoms with Crippen molar-refractivity contribution in [1.82, 2.24) is 4.90 Å². The normalized spacial score (nSPS) is 26.3. The van der Waals surface area contributed by atoms with Gasteiger partial charge in [0.15, 0.2) is 0 Å². The highest BCUT2D eigenvalue weighted by molar-refractivity contribution is 5.24. The molecule has 19 heavy (non-hydrogen) atoms. The number of nitrogens with two attached hydrogens (primary N) is 1. The maximum absolute atomic E-state index is 10.3. The lowest BCUT2D eigenvalue weighted by Gasteiger charge is -2.36. The van der Waals surface area contributed by atoms with Crippen LogP contribution in [-0.2, 0) is 6.54 Å². The highest BCUT2D eigenvalue weighted by Gasteiger charge is 2.24. The summed E-state index contributed by atoms with van der Waals surface area (Å²) in [6, 6.07) is 7.98. The van der Waals surface area contributed by atoms with Crippen molar-refractivity contribution in [3.05, 3.63) is 35.4 Å². The molecule has 0 aliphatic carbocycles. The van der Waals surface area contributed by atoms with Gasteiger partial charge >= 0.3 is 0 Å². The van der Waals surface area contributed by atoms with Gasteiger partial charge in [0.25, 0.3) is 0 Å². The molecule has 3 heteroatoms. The van der Waals surface area contributed by atoms with Gasteiger partial charge in [-0.1, -0.05) is 38.1 Å². The van der Waals surface area contributed by atoms with Crippen molar-refractivity contribution >= 4 is 0 Å². The van der Waals surface area contributed by atoms with Gasteiger partial charge in [-0.15, -0.1) is 0 Å². The number of rotatable bonds is 4. The van der Waals surface area contributed by atoms with Crippen LogP contribution in [0.25, 0.3) is 0 Å². The predicted octanol–water partition coefficient (Wildman–Crippen LogP) is 2.16. The van der Waals surface area contributed by atoms with Crippen LogP contribution in [0, 0.1) is 11.8 Å². The van der Waals surface area contributed by atoms with Crippen LogP contribution in [-0.4, -0.2) is 29.6 Å². The first-order valence-corrected chi connectivity index (χ1v) is 7.29. The van der Waals surface area contributed by atoms with Gasteiger partial charge in [-0.2, -0.15) is 0 Å². The minimum Gasteiger partial charge on any atom is -0.387 e. The Hall–Kier alpha value is -0.900. The second kappa shape index (κ2) is 6.51. The number of aliphatic hydroxyl groups excluding tert-OH is 1. The fourth-order valence-corrected chi connectivity index (χ4v) is 2.74. The van der Waals surface area contributed by atoms with Crippen LogP contribution in [0.5, 0.6) is 0 Å². The van der Waals surface area contributed by atoms with E-state index in [0.29, 0.717) is 6.54 Å². The van der Waals surface area contributed by atoms with E-state index in [-0.39, 0.29) is 0 Å². The predicted molar refractivity (Wildman–Crippen MR) is 78.7 cm³/mol. The van der Waals surface area contributed by atoms with Gasteiger partial charge in [-0.25, -0.2) is 0 Å². The van der Waals surface area contributed by atoms with E-state index in [2.05, 4.69) is 18.7 Å². The molecule has 0 saturated carbocycles. The Morgan fingerprint density at radius 1 is 1.26 bits per heavy atom. The molecule has 1 saturated heterocycles. The third-order valence-electron chi connectivity index (χ3n) is 4.45. The van der Waals surface area contributed by atoms with Gasteiger partial charge < -0.3 is 15.7 Å². The molecule has 1 aromatic rings. The summed E-state index contributed by atoms with van der Waals surface area (Å²) in [6.45, 7) is 8.11. The molecule has 1 heterocycles. The average Bonchev–Trinajstić information content (AvgIpc) is 2.43. The Kier molecular flexibility index (Phi) is 4.97. The highest BCUT2D eigenvalue weighted by Crippen LogP contribution is 2.24. The van der Waals surface area contributed by atoms with Crippen LogP contribution in [0.3, 0.4) is 0 Å². The van der Waals surface area contributed by atoms with Gasteiger partial charge in [0.05, 0.1) is 6.10 Å². The summed E-state index contributed by atoms with van der Waals surface area (Å²) in [7, 11) is 0. The Morgan fingerprint density at radius 3 is 2.53 bits per heavy atom. The molecule has 1 aromatic carbocycles. The number of aliphatic hydroxyl groups is 1. The molecule has 3 unspecified atom stereocenters. The fourth-order valence-electron chi connectivity index (χ4n) is 2.74. The number of nitrogens with zero attached hydrogens (tertiary/aromatic N) is 1. The first-order valence-electron chi connectivity index (χ1n) is 7.29. The number of likely N-dealkylation sites (tertiary alicyclic amines) is 1. The Morgan fingerprint density at radius 2 is 1.95 bits per heavy atom. The van der Waals surface area contributed by atoms with Gasteiger partial charge in [-0.3, -0.25) is 0 Å². The molecule has 1 aliphatic heterocycles. The molecule has 106 valence electrons. The topological polar surface area (TPSA) is 49.5 Å². The van der Waals surface area contributed by atoms with Crippen LogP contribution in [0.4, 0.5) is 0 Å². The fraction of sp³-hybridized carbons (Fsp3) is 0.625. The van der Waals surface area contributed by atoms with Gasteiger partial charge in [0.2, 0.25) is 0 Å². The van der Waals surface area contributed by atoms with Crippen molar-refractivity contribution in [3.8, 4) is 0 Å². The summed E-state index contributed by atoms with van der Waals surface area (Å²) >= 11 is 0. The molecule has 0 radical (unpaired) electrons. The molecule has 1 aliphatic rings. The molecule has 2 rings (SSSR count). The van der Waals surface area contributed by atoms with E-state index < -0.39 is 6.10 Å². The van der Waals surface area contributed by atoms with E-state index in [1.807, 2.05) is 24.3 Å². The third kappa shape index (κ3) is 3.78. The van der Waals surface area contributed by atoms with Crippen molar-refractivity contribution in [1.29, 1.82) is 0 Å². The first kappa shape index (κ1) is 14.5. The van der Waals surface area contributed by atoms with Gasteiger partial charge in [-0.05, 0) is 35.9 Å². The zero-order chi connectivity index (χ0) is 13.8. The summed E-state index contributed by atoms with van der Waals surface area (Å²) in [5, 5.41) is 10.3. The molecule has 3 atom stereocenters. The molecule has 0 aromatic heterocycles. The van der Waals surface area contributed by atoms with Crippen LogP contribution in [0.15, 0.2) is 24.3 Å². The monoisotopic (exact) mass is 262 g/mol. The quantitative estimate of drug-likeness (QED) is 0.874. The summed E-state index contributed by atoms with van der Waals surface area (Å²) < 4.78 is 0. The summed E-state index contributed by atoms with van der Waals surface area (Å²) in [5.74, 6) is 1.53. The molecule has 0 amide bonds. The summed E-state index contributed by atoms with van der Waals surface area (Å²) in [6.07, 6.45) is 0.840. The van der Waals surface area contributed by atoms with Gasteiger partial charge in [0.1, 0.15) is 0 Å². The second-order valence-electron chi connectivity index (χ2n) is 5.96. The Bertz CT molecular complexity index is 390. The van der Waals surface area contributed by atoms with Crippen molar-refractivity contribution in [2.75, 3.05) is 19.6 Å². The summed E-state index contributed by atoms with van der Waals surface area (Å²) in [4.78, 5) is 2.38. The summed E-state index contributed by atoms with van der Waals surface area (Å²) in [5.41, 5.74) is 7.68. The Balaban J connectivity index is 1.91. The van der Waals surface area contributed by atoms with Crippen molar-refractivity contribution in [2.24, 2.45) is 17.6 Å².